The lowest BCUT2D eigenvalue weighted by atomic mass is 10.1. The molecule has 0 saturated carbocycles. The van der Waals surface area contributed by atoms with Crippen LogP contribution in [0.5, 0.6) is 0 Å². The highest BCUT2D eigenvalue weighted by atomic mass is 35.5. The van der Waals surface area contributed by atoms with Gasteiger partial charge in [-0.25, -0.2) is 4.39 Å². The minimum Gasteiger partial charge on any atom is -0.349 e. The molecule has 0 aliphatic rings. The topological polar surface area (TPSA) is 49.4 Å². The van der Waals surface area contributed by atoms with Crippen molar-refractivity contribution < 1.29 is 14.0 Å². The first kappa shape index (κ1) is 17.0. The molecule has 0 aliphatic carbocycles. The van der Waals surface area contributed by atoms with Crippen molar-refractivity contribution in [2.75, 3.05) is 19.4 Å². The molecule has 0 fully saturated rings. The van der Waals surface area contributed by atoms with Gasteiger partial charge in [0.15, 0.2) is 0 Å². The van der Waals surface area contributed by atoms with E-state index in [4.69, 9.17) is 11.6 Å². The Balaban J connectivity index is 2.06. The van der Waals surface area contributed by atoms with E-state index in [1.807, 2.05) is 0 Å². The summed E-state index contributed by atoms with van der Waals surface area (Å²) in [6, 6.07) is 10.5. The van der Waals surface area contributed by atoms with E-state index in [2.05, 4.69) is 5.32 Å². The van der Waals surface area contributed by atoms with Crippen molar-refractivity contribution in [3.8, 4) is 0 Å². The van der Waals surface area contributed by atoms with Crippen LogP contribution in [0.4, 0.5) is 10.1 Å². The van der Waals surface area contributed by atoms with Gasteiger partial charge < -0.3 is 10.2 Å². The maximum atomic E-state index is 13.0. The fourth-order valence-electron chi connectivity index (χ4n) is 1.91. The van der Waals surface area contributed by atoms with Crippen molar-refractivity contribution in [2.24, 2.45) is 0 Å². The second kappa shape index (κ2) is 7.24. The number of rotatable bonds is 4. The maximum Gasteiger partial charge on any atom is 0.257 e. The molecule has 2 rings (SSSR count). The Morgan fingerprint density at radius 2 is 1.78 bits per heavy atom. The van der Waals surface area contributed by atoms with Crippen LogP contribution in [0.15, 0.2) is 42.5 Å². The third kappa shape index (κ3) is 4.53. The molecule has 2 aromatic carbocycles. The Labute approximate surface area is 138 Å². The van der Waals surface area contributed by atoms with E-state index in [9.17, 15) is 14.0 Å². The van der Waals surface area contributed by atoms with Crippen molar-refractivity contribution in [1.29, 1.82) is 0 Å². The van der Waals surface area contributed by atoms with Crippen LogP contribution in [-0.4, -0.2) is 30.8 Å². The van der Waals surface area contributed by atoms with Gasteiger partial charge in [0, 0.05) is 19.8 Å². The number of likely N-dealkylation sites (N-methyl/N-ethyl adjacent to an activating group) is 1. The lowest BCUT2D eigenvalue weighted by molar-refractivity contribution is -0.127. The minimum atomic E-state index is -0.499. The molecule has 0 aliphatic heterocycles. The zero-order valence-electron chi connectivity index (χ0n) is 12.8. The molecule has 2 aromatic rings. The molecule has 1 N–H and O–H groups in total. The molecule has 2 amide bonds. The number of hydrogen-bond acceptors (Lipinski definition) is 2. The molecule has 0 unspecified atom stereocenters. The summed E-state index contributed by atoms with van der Waals surface area (Å²) in [6.07, 6.45) is 0.297. The smallest absolute Gasteiger partial charge is 0.257 e. The molecule has 0 heterocycles. The van der Waals surface area contributed by atoms with Gasteiger partial charge >= 0.3 is 0 Å². The minimum absolute atomic E-state index is 0.000112. The molecular weight excluding hydrogens is 319 g/mol. The highest BCUT2D eigenvalue weighted by Gasteiger charge is 2.12. The fourth-order valence-corrected chi connectivity index (χ4v) is 2.16. The standard InChI is InChI=1S/C17H16ClFN2O2/c1-21(2)16(22)9-11-3-6-13(7-4-11)20-17(23)14-8-5-12(19)10-15(14)18/h3-8,10H,9H2,1-2H3,(H,20,23). The first-order valence-electron chi connectivity index (χ1n) is 6.92. The van der Waals surface area contributed by atoms with Crippen molar-refractivity contribution in [1.82, 2.24) is 4.90 Å². The van der Waals surface area contributed by atoms with Crippen LogP contribution >= 0.6 is 11.6 Å². The fraction of sp³-hybridized carbons (Fsp3) is 0.176. The monoisotopic (exact) mass is 334 g/mol. The number of carbonyl (C=O) groups excluding carboxylic acids is 2. The molecule has 0 radical (unpaired) electrons. The largest absolute Gasteiger partial charge is 0.349 e. The third-order valence-electron chi connectivity index (χ3n) is 3.24. The van der Waals surface area contributed by atoms with Crippen molar-refractivity contribution in [3.63, 3.8) is 0 Å². The van der Waals surface area contributed by atoms with E-state index in [-0.39, 0.29) is 16.5 Å². The van der Waals surface area contributed by atoms with Crippen LogP contribution < -0.4 is 5.32 Å². The summed E-state index contributed by atoms with van der Waals surface area (Å²) in [6.45, 7) is 0. The van der Waals surface area contributed by atoms with Crippen LogP contribution in [0.25, 0.3) is 0 Å². The number of halogens is 2. The first-order chi connectivity index (χ1) is 10.9. The Bertz CT molecular complexity index is 730. The first-order valence-corrected chi connectivity index (χ1v) is 7.30. The molecule has 0 bridgehead atoms. The van der Waals surface area contributed by atoms with Gasteiger partial charge in [0.25, 0.3) is 5.91 Å². The number of benzene rings is 2. The Morgan fingerprint density at radius 1 is 1.13 bits per heavy atom. The molecule has 0 saturated heterocycles. The molecule has 0 atom stereocenters. The van der Waals surface area contributed by atoms with Crippen LogP contribution in [0.3, 0.4) is 0 Å². The molecular formula is C17H16ClFN2O2. The summed E-state index contributed by atoms with van der Waals surface area (Å²) in [7, 11) is 3.40. The second-order valence-corrected chi connectivity index (χ2v) is 5.65. The predicted octanol–water partition coefficient (Wildman–Crippen LogP) is 3.36. The van der Waals surface area contributed by atoms with Crippen molar-refractivity contribution in [3.05, 3.63) is 64.4 Å². The Hall–Kier alpha value is -2.40. The van der Waals surface area contributed by atoms with Crippen LogP contribution in [0.2, 0.25) is 5.02 Å². The van der Waals surface area contributed by atoms with Crippen molar-refractivity contribution in [2.45, 2.75) is 6.42 Å². The Morgan fingerprint density at radius 3 is 2.35 bits per heavy atom. The zero-order valence-corrected chi connectivity index (χ0v) is 13.5. The van der Waals surface area contributed by atoms with Gasteiger partial charge in [0.2, 0.25) is 5.91 Å². The van der Waals surface area contributed by atoms with Gasteiger partial charge in [-0.2, -0.15) is 0 Å². The maximum absolute atomic E-state index is 13.0. The van der Waals surface area contributed by atoms with Gasteiger partial charge in [0.05, 0.1) is 17.0 Å². The lowest BCUT2D eigenvalue weighted by Gasteiger charge is -2.11. The quantitative estimate of drug-likeness (QED) is 0.932. The Kier molecular flexibility index (Phi) is 5.34. The van der Waals surface area contributed by atoms with Gasteiger partial charge in [-0.05, 0) is 35.9 Å². The summed E-state index contributed by atoms with van der Waals surface area (Å²) < 4.78 is 13.0. The van der Waals surface area contributed by atoms with E-state index in [0.29, 0.717) is 12.1 Å². The summed E-state index contributed by atoms with van der Waals surface area (Å²) in [5.74, 6) is -0.923. The number of carbonyl (C=O) groups is 2. The highest BCUT2D eigenvalue weighted by Crippen LogP contribution is 2.19. The number of nitrogens with zero attached hydrogens (tertiary/aromatic N) is 1. The molecule has 120 valence electrons. The van der Waals surface area contributed by atoms with E-state index in [1.165, 1.54) is 17.0 Å². The van der Waals surface area contributed by atoms with Crippen LogP contribution in [0.1, 0.15) is 15.9 Å². The average molecular weight is 335 g/mol. The third-order valence-corrected chi connectivity index (χ3v) is 3.55. The van der Waals surface area contributed by atoms with E-state index >= 15 is 0 Å². The van der Waals surface area contributed by atoms with Crippen LogP contribution in [0, 0.1) is 5.82 Å². The number of nitrogens with one attached hydrogen (secondary N) is 1. The van der Waals surface area contributed by atoms with E-state index in [1.54, 1.807) is 38.4 Å². The highest BCUT2D eigenvalue weighted by molar-refractivity contribution is 6.34. The van der Waals surface area contributed by atoms with Gasteiger partial charge in [-0.3, -0.25) is 9.59 Å². The van der Waals surface area contributed by atoms with Crippen LogP contribution in [-0.2, 0) is 11.2 Å². The number of hydrogen-bond donors (Lipinski definition) is 1. The SMILES string of the molecule is CN(C)C(=O)Cc1ccc(NC(=O)c2ccc(F)cc2Cl)cc1. The lowest BCUT2D eigenvalue weighted by Crippen LogP contribution is -2.23. The number of anilines is 1. The second-order valence-electron chi connectivity index (χ2n) is 5.24. The zero-order chi connectivity index (χ0) is 17.0. The predicted molar refractivity (Wildman–Crippen MR) is 88.2 cm³/mol. The summed E-state index contributed by atoms with van der Waals surface area (Å²) in [5.41, 5.74) is 1.61. The molecule has 0 aromatic heterocycles. The summed E-state index contributed by atoms with van der Waals surface area (Å²) in [5, 5.41) is 2.73. The summed E-state index contributed by atoms with van der Waals surface area (Å²) >= 11 is 5.86. The van der Waals surface area contributed by atoms with E-state index in [0.717, 1.165) is 11.6 Å². The average Bonchev–Trinajstić information content (AvgIpc) is 2.48. The van der Waals surface area contributed by atoms with E-state index < -0.39 is 11.7 Å². The summed E-state index contributed by atoms with van der Waals surface area (Å²) in [4.78, 5) is 25.3. The van der Waals surface area contributed by atoms with Gasteiger partial charge in [0.1, 0.15) is 5.82 Å². The van der Waals surface area contributed by atoms with Gasteiger partial charge in [-0.1, -0.05) is 23.7 Å². The molecule has 0 spiro atoms. The molecule has 6 heteroatoms. The molecule has 4 nitrogen and oxygen atoms in total. The molecule has 23 heavy (non-hydrogen) atoms. The number of amides is 2. The normalized spacial score (nSPS) is 10.3. The van der Waals surface area contributed by atoms with Crippen molar-refractivity contribution >= 4 is 29.1 Å². The van der Waals surface area contributed by atoms with Gasteiger partial charge in [-0.15, -0.1) is 0 Å².